The van der Waals surface area contributed by atoms with E-state index in [9.17, 15) is 18.3 Å². The van der Waals surface area contributed by atoms with E-state index in [4.69, 9.17) is 4.74 Å². The van der Waals surface area contributed by atoms with Gasteiger partial charge in [-0.15, -0.1) is 37.1 Å². The fourth-order valence-corrected chi connectivity index (χ4v) is 3.73. The average Bonchev–Trinajstić information content (AvgIpc) is 3.26. The third kappa shape index (κ3) is 6.88. The van der Waals surface area contributed by atoms with Crippen molar-refractivity contribution in [2.75, 3.05) is 32.9 Å². The van der Waals surface area contributed by atoms with Crippen LogP contribution in [-0.2, 0) is 4.74 Å². The van der Waals surface area contributed by atoms with E-state index in [1.165, 1.54) is 12.1 Å². The summed E-state index contributed by atoms with van der Waals surface area (Å²) in [5.74, 6) is 0.401. The molecule has 1 aromatic carbocycles. The number of aliphatic hydroxyl groups is 1. The molecular formula is C20H29F3IN3O3. The first kappa shape index (κ1) is 25.0. The average molecular weight is 543 g/mol. The number of guanidine groups is 1. The van der Waals surface area contributed by atoms with Gasteiger partial charge in [-0.1, -0.05) is 18.2 Å². The highest BCUT2D eigenvalue weighted by Crippen LogP contribution is 2.45. The van der Waals surface area contributed by atoms with Gasteiger partial charge in [-0.05, 0) is 37.8 Å². The first-order valence-electron chi connectivity index (χ1n) is 9.94. The minimum atomic E-state index is -4.71. The Labute approximate surface area is 191 Å². The molecule has 170 valence electrons. The van der Waals surface area contributed by atoms with Crippen molar-refractivity contribution in [1.29, 1.82) is 0 Å². The van der Waals surface area contributed by atoms with Crippen LogP contribution in [0.1, 0.15) is 37.7 Å². The summed E-state index contributed by atoms with van der Waals surface area (Å²) < 4.78 is 47.7. The van der Waals surface area contributed by atoms with Crippen LogP contribution in [-0.4, -0.2) is 56.4 Å². The van der Waals surface area contributed by atoms with Crippen molar-refractivity contribution >= 4 is 29.9 Å². The van der Waals surface area contributed by atoms with Crippen LogP contribution < -0.4 is 15.4 Å². The Hall–Kier alpha value is -1.27. The molecule has 1 aromatic rings. The number of para-hydroxylation sites is 1. The summed E-state index contributed by atoms with van der Waals surface area (Å²) in [6, 6.07) is 6.25. The molecule has 3 unspecified atom stereocenters. The molecule has 6 nitrogen and oxygen atoms in total. The highest BCUT2D eigenvalue weighted by atomic mass is 127. The molecule has 1 saturated carbocycles. The fourth-order valence-electron chi connectivity index (χ4n) is 3.73. The lowest BCUT2D eigenvalue weighted by Crippen LogP contribution is -2.40. The number of rotatable bonds is 8. The number of aliphatic imine (C=N–C) groups is 1. The maximum atomic E-state index is 12.7. The van der Waals surface area contributed by atoms with Gasteiger partial charge in [-0.3, -0.25) is 4.99 Å². The monoisotopic (exact) mass is 543 g/mol. The predicted octanol–water partition coefficient (Wildman–Crippen LogP) is 3.40. The van der Waals surface area contributed by atoms with E-state index < -0.39 is 6.36 Å². The van der Waals surface area contributed by atoms with E-state index >= 15 is 0 Å². The molecule has 0 aromatic heterocycles. The van der Waals surface area contributed by atoms with Crippen LogP contribution in [0.5, 0.6) is 5.75 Å². The summed E-state index contributed by atoms with van der Waals surface area (Å²) in [4.78, 5) is 4.67. The van der Waals surface area contributed by atoms with Crippen molar-refractivity contribution in [2.24, 2.45) is 10.4 Å². The molecule has 3 rings (SSSR count). The van der Waals surface area contributed by atoms with Gasteiger partial charge in [0.2, 0.25) is 0 Å². The maximum absolute atomic E-state index is 12.7. The van der Waals surface area contributed by atoms with Gasteiger partial charge < -0.3 is 25.2 Å². The second-order valence-electron chi connectivity index (χ2n) is 7.65. The van der Waals surface area contributed by atoms with Gasteiger partial charge in [0.05, 0.1) is 13.2 Å². The van der Waals surface area contributed by atoms with E-state index in [0.717, 1.165) is 6.42 Å². The third-order valence-electron chi connectivity index (χ3n) is 5.40. The molecule has 3 atom stereocenters. The molecule has 0 bridgehead atoms. The minimum absolute atomic E-state index is 0. The van der Waals surface area contributed by atoms with Gasteiger partial charge in [0.1, 0.15) is 5.75 Å². The highest BCUT2D eigenvalue weighted by Gasteiger charge is 2.42. The summed E-state index contributed by atoms with van der Waals surface area (Å²) in [5.41, 5.74) is 0.381. The lowest BCUT2D eigenvalue weighted by molar-refractivity contribution is -0.274. The Morgan fingerprint density at radius 2 is 2.13 bits per heavy atom. The van der Waals surface area contributed by atoms with Crippen LogP contribution in [0, 0.1) is 5.41 Å². The van der Waals surface area contributed by atoms with Crippen molar-refractivity contribution in [3.63, 3.8) is 0 Å². The number of alkyl halides is 3. The molecular weight excluding hydrogens is 514 g/mol. The molecule has 1 saturated heterocycles. The second kappa shape index (κ2) is 10.9. The van der Waals surface area contributed by atoms with Crippen molar-refractivity contribution in [3.05, 3.63) is 29.8 Å². The number of ether oxygens (including phenoxy) is 2. The summed E-state index contributed by atoms with van der Waals surface area (Å²) in [6.45, 7) is 4.47. The van der Waals surface area contributed by atoms with Crippen molar-refractivity contribution < 1.29 is 27.8 Å². The van der Waals surface area contributed by atoms with E-state index in [1.54, 1.807) is 12.1 Å². The number of halogens is 4. The molecule has 1 heterocycles. The van der Waals surface area contributed by atoms with Crippen LogP contribution in [0.3, 0.4) is 0 Å². The summed E-state index contributed by atoms with van der Waals surface area (Å²) in [6.07, 6.45) is -2.53. The van der Waals surface area contributed by atoms with E-state index in [0.29, 0.717) is 50.7 Å². The molecule has 3 N–H and O–H groups in total. The highest BCUT2D eigenvalue weighted by molar-refractivity contribution is 14.0. The first-order valence-corrected chi connectivity index (χ1v) is 9.94. The zero-order valence-electron chi connectivity index (χ0n) is 16.9. The number of aliphatic hydroxyl groups excluding tert-OH is 1. The number of nitrogens with zero attached hydrogens (tertiary/aromatic N) is 1. The Kier molecular flexibility index (Phi) is 9.04. The van der Waals surface area contributed by atoms with Crippen molar-refractivity contribution in [3.8, 4) is 5.75 Å². The lowest BCUT2D eigenvalue weighted by atomic mass is 9.84. The van der Waals surface area contributed by atoms with Gasteiger partial charge >= 0.3 is 6.36 Å². The van der Waals surface area contributed by atoms with Gasteiger partial charge in [-0.2, -0.15) is 0 Å². The molecule has 1 aliphatic heterocycles. The fraction of sp³-hybridized carbons (Fsp3) is 0.650. The molecule has 2 aliphatic rings. The Balaban J connectivity index is 0.00000320. The van der Waals surface area contributed by atoms with Crippen LogP contribution in [0.15, 0.2) is 29.3 Å². The second-order valence-corrected chi connectivity index (χ2v) is 7.65. The zero-order chi connectivity index (χ0) is 20.9. The van der Waals surface area contributed by atoms with E-state index in [2.05, 4.69) is 20.4 Å². The Morgan fingerprint density at radius 3 is 2.77 bits per heavy atom. The van der Waals surface area contributed by atoms with E-state index in [1.807, 2.05) is 6.92 Å². The number of hydrogen-bond donors (Lipinski definition) is 3. The molecule has 30 heavy (non-hydrogen) atoms. The zero-order valence-corrected chi connectivity index (χ0v) is 19.2. The molecule has 1 aliphatic carbocycles. The Bertz CT molecular complexity index is 712. The SMILES string of the molecule is CCNC(=NCC1(CCO)CCOC1)NC1CC1c1ccccc1OC(F)(F)F.I. The van der Waals surface area contributed by atoms with Gasteiger partial charge in [0.25, 0.3) is 0 Å². The van der Waals surface area contributed by atoms with Crippen LogP contribution in [0.25, 0.3) is 0 Å². The minimum Gasteiger partial charge on any atom is -0.405 e. The summed E-state index contributed by atoms with van der Waals surface area (Å²) >= 11 is 0. The smallest absolute Gasteiger partial charge is 0.405 e. The Morgan fingerprint density at radius 1 is 1.37 bits per heavy atom. The first-order chi connectivity index (χ1) is 13.9. The van der Waals surface area contributed by atoms with Crippen molar-refractivity contribution in [2.45, 2.75) is 44.5 Å². The number of hydrogen-bond acceptors (Lipinski definition) is 4. The molecule has 2 fully saturated rings. The molecule has 0 spiro atoms. The van der Waals surface area contributed by atoms with Crippen molar-refractivity contribution in [1.82, 2.24) is 10.6 Å². The predicted molar refractivity (Wildman–Crippen MR) is 118 cm³/mol. The third-order valence-corrected chi connectivity index (χ3v) is 5.40. The van der Waals surface area contributed by atoms with Crippen LogP contribution in [0.4, 0.5) is 13.2 Å². The van der Waals surface area contributed by atoms with Gasteiger partial charge in [0, 0.05) is 37.1 Å². The van der Waals surface area contributed by atoms with Crippen LogP contribution in [0.2, 0.25) is 0 Å². The van der Waals surface area contributed by atoms with Crippen LogP contribution >= 0.6 is 24.0 Å². The normalized spacial score (nSPS) is 26.1. The summed E-state index contributed by atoms with van der Waals surface area (Å²) in [7, 11) is 0. The topological polar surface area (TPSA) is 75.1 Å². The molecule has 0 radical (unpaired) electrons. The standard InChI is InChI=1S/C20H28F3N3O3.HI/c1-2-24-18(25-12-19(7-9-27)8-10-28-13-19)26-16-11-15(16)14-5-3-4-6-17(14)29-20(21,22)23;/h3-6,15-16,27H,2,7-13H2,1H3,(H2,24,25,26);1H. The van der Waals surface area contributed by atoms with E-state index in [-0.39, 0.29) is 53.7 Å². The van der Waals surface area contributed by atoms with Gasteiger partial charge in [0.15, 0.2) is 5.96 Å². The lowest BCUT2D eigenvalue weighted by Gasteiger charge is -2.25. The quantitative estimate of drug-likeness (QED) is 0.267. The number of nitrogens with one attached hydrogen (secondary N) is 2. The number of benzene rings is 1. The molecule has 10 heteroatoms. The summed E-state index contributed by atoms with van der Waals surface area (Å²) in [5, 5.41) is 15.9. The molecule has 0 amide bonds. The maximum Gasteiger partial charge on any atom is 0.573 e. The van der Waals surface area contributed by atoms with Gasteiger partial charge in [-0.25, -0.2) is 0 Å². The largest absolute Gasteiger partial charge is 0.573 e.